The van der Waals surface area contributed by atoms with Crippen molar-refractivity contribution >= 4 is 23.4 Å². The van der Waals surface area contributed by atoms with Crippen LogP contribution in [0.2, 0.25) is 0 Å². The van der Waals surface area contributed by atoms with Crippen LogP contribution in [0.3, 0.4) is 0 Å². The average Bonchev–Trinajstić information content (AvgIpc) is 2.72. The maximum atomic E-state index is 12.4. The normalized spacial score (nSPS) is 23.8. The van der Waals surface area contributed by atoms with Gasteiger partial charge < -0.3 is 5.32 Å². The fourth-order valence-corrected chi connectivity index (χ4v) is 3.78. The van der Waals surface area contributed by atoms with Crippen LogP contribution in [0.15, 0.2) is 18.2 Å². The summed E-state index contributed by atoms with van der Waals surface area (Å²) in [4.78, 5) is 38.1. The Labute approximate surface area is 136 Å². The highest BCUT2D eigenvalue weighted by Gasteiger charge is 2.48. The van der Waals surface area contributed by atoms with Gasteiger partial charge in [-0.05, 0) is 49.9 Å². The predicted octanol–water partition coefficient (Wildman–Crippen LogP) is 2.42. The van der Waals surface area contributed by atoms with E-state index in [9.17, 15) is 14.4 Å². The average molecular weight is 314 g/mol. The Morgan fingerprint density at radius 3 is 2.09 bits per heavy atom. The Morgan fingerprint density at radius 1 is 1.04 bits per heavy atom. The molecule has 0 bridgehead atoms. The molecule has 23 heavy (non-hydrogen) atoms. The van der Waals surface area contributed by atoms with E-state index in [1.807, 2.05) is 32.0 Å². The number of nitrogens with one attached hydrogen (secondary N) is 1. The Hall–Kier alpha value is -2.17. The lowest BCUT2D eigenvalue weighted by atomic mass is 9.81. The van der Waals surface area contributed by atoms with E-state index in [0.717, 1.165) is 41.7 Å². The van der Waals surface area contributed by atoms with Crippen molar-refractivity contribution in [3.05, 3.63) is 29.3 Å². The molecule has 0 radical (unpaired) electrons. The molecule has 2 unspecified atom stereocenters. The number of imide groups is 1. The minimum atomic E-state index is -0.324. The summed E-state index contributed by atoms with van der Waals surface area (Å²) >= 11 is 0. The van der Waals surface area contributed by atoms with Gasteiger partial charge in [-0.25, -0.2) is 0 Å². The van der Waals surface area contributed by atoms with Gasteiger partial charge in [-0.15, -0.1) is 0 Å². The summed E-state index contributed by atoms with van der Waals surface area (Å²) in [6.07, 6.45) is 3.51. The van der Waals surface area contributed by atoms with Crippen LogP contribution in [0.25, 0.3) is 0 Å². The minimum Gasteiger partial charge on any atom is -0.325 e. The molecule has 2 aliphatic rings. The SMILES string of the molecule is Cc1cc(C)cc(NC(=O)CN2C(=O)C3CCCCC3C2=O)c1. The monoisotopic (exact) mass is 314 g/mol. The molecule has 0 spiro atoms. The maximum absolute atomic E-state index is 12.4. The number of amides is 3. The first-order chi connectivity index (χ1) is 11.0. The summed E-state index contributed by atoms with van der Waals surface area (Å²) in [5.41, 5.74) is 2.81. The molecule has 1 aliphatic heterocycles. The Balaban J connectivity index is 1.67. The van der Waals surface area contributed by atoms with Gasteiger partial charge in [0.05, 0.1) is 11.8 Å². The van der Waals surface area contributed by atoms with Crippen LogP contribution in [-0.4, -0.2) is 29.2 Å². The fraction of sp³-hybridized carbons (Fsp3) is 0.500. The third kappa shape index (κ3) is 3.14. The summed E-state index contributed by atoms with van der Waals surface area (Å²) < 4.78 is 0. The molecule has 1 aromatic rings. The zero-order valence-electron chi connectivity index (χ0n) is 13.6. The van der Waals surface area contributed by atoms with Crippen molar-refractivity contribution < 1.29 is 14.4 Å². The second-order valence-corrected chi connectivity index (χ2v) is 6.68. The number of benzene rings is 1. The number of nitrogens with zero attached hydrogens (tertiary/aromatic N) is 1. The van der Waals surface area contributed by atoms with E-state index in [0.29, 0.717) is 5.69 Å². The molecule has 1 aliphatic carbocycles. The molecule has 0 aromatic heterocycles. The van der Waals surface area contributed by atoms with Gasteiger partial charge in [0, 0.05) is 5.69 Å². The highest BCUT2D eigenvalue weighted by atomic mass is 16.2. The Kier molecular flexibility index (Phi) is 4.20. The molecule has 3 amide bonds. The van der Waals surface area contributed by atoms with Crippen molar-refractivity contribution in [3.8, 4) is 0 Å². The third-order valence-electron chi connectivity index (χ3n) is 4.74. The number of anilines is 1. The van der Waals surface area contributed by atoms with E-state index >= 15 is 0 Å². The molecule has 1 N–H and O–H groups in total. The number of fused-ring (bicyclic) bond motifs is 1. The second-order valence-electron chi connectivity index (χ2n) is 6.68. The maximum Gasteiger partial charge on any atom is 0.244 e. The minimum absolute atomic E-state index is 0.171. The van der Waals surface area contributed by atoms with Crippen LogP contribution in [0, 0.1) is 25.7 Å². The van der Waals surface area contributed by atoms with Crippen LogP contribution >= 0.6 is 0 Å². The van der Waals surface area contributed by atoms with Gasteiger partial charge in [-0.2, -0.15) is 0 Å². The fourth-order valence-electron chi connectivity index (χ4n) is 3.78. The smallest absolute Gasteiger partial charge is 0.244 e. The van der Waals surface area contributed by atoms with Gasteiger partial charge in [0.2, 0.25) is 17.7 Å². The van der Waals surface area contributed by atoms with Crippen LogP contribution in [0.5, 0.6) is 0 Å². The first-order valence-corrected chi connectivity index (χ1v) is 8.19. The lowest BCUT2D eigenvalue weighted by molar-refractivity contribution is -0.142. The van der Waals surface area contributed by atoms with Gasteiger partial charge in [0.25, 0.3) is 0 Å². The van der Waals surface area contributed by atoms with E-state index < -0.39 is 0 Å². The van der Waals surface area contributed by atoms with E-state index in [4.69, 9.17) is 0 Å². The molecular formula is C18H22N2O3. The summed E-state index contributed by atoms with van der Waals surface area (Å²) in [7, 11) is 0. The molecule has 5 nitrogen and oxygen atoms in total. The van der Waals surface area contributed by atoms with Gasteiger partial charge >= 0.3 is 0 Å². The lowest BCUT2D eigenvalue weighted by Crippen LogP contribution is -2.38. The number of hydrogen-bond donors (Lipinski definition) is 1. The number of carbonyl (C=O) groups is 3. The van der Waals surface area contributed by atoms with Crippen molar-refractivity contribution in [3.63, 3.8) is 0 Å². The third-order valence-corrected chi connectivity index (χ3v) is 4.74. The summed E-state index contributed by atoms with van der Waals surface area (Å²) in [5, 5.41) is 2.79. The molecule has 122 valence electrons. The highest BCUT2D eigenvalue weighted by molar-refractivity contribution is 6.08. The van der Waals surface area contributed by atoms with Crippen molar-refractivity contribution in [1.29, 1.82) is 0 Å². The zero-order chi connectivity index (χ0) is 16.6. The van der Waals surface area contributed by atoms with Crippen LogP contribution in [-0.2, 0) is 14.4 Å². The Bertz CT molecular complexity index is 624. The predicted molar refractivity (Wildman–Crippen MR) is 86.7 cm³/mol. The first-order valence-electron chi connectivity index (χ1n) is 8.19. The van der Waals surface area contributed by atoms with Crippen LogP contribution in [0.4, 0.5) is 5.69 Å². The number of carbonyl (C=O) groups excluding carboxylic acids is 3. The van der Waals surface area contributed by atoms with Crippen LogP contribution < -0.4 is 5.32 Å². The molecule has 1 saturated carbocycles. The van der Waals surface area contributed by atoms with Gasteiger partial charge in [0.1, 0.15) is 6.54 Å². The topological polar surface area (TPSA) is 66.5 Å². The largest absolute Gasteiger partial charge is 0.325 e. The molecule has 2 fully saturated rings. The molecular weight excluding hydrogens is 292 g/mol. The van der Waals surface area contributed by atoms with E-state index in [1.54, 1.807) is 0 Å². The molecule has 5 heteroatoms. The molecule has 2 atom stereocenters. The summed E-state index contributed by atoms with van der Waals surface area (Å²) in [6.45, 7) is 3.74. The van der Waals surface area contributed by atoms with E-state index in [2.05, 4.69) is 5.32 Å². The molecule has 3 rings (SSSR count). The Morgan fingerprint density at radius 2 is 1.57 bits per heavy atom. The van der Waals surface area contributed by atoms with Crippen molar-refractivity contribution in [2.24, 2.45) is 11.8 Å². The van der Waals surface area contributed by atoms with Crippen molar-refractivity contribution in [1.82, 2.24) is 4.90 Å². The zero-order valence-corrected chi connectivity index (χ0v) is 13.6. The molecule has 1 heterocycles. The van der Waals surface area contributed by atoms with Crippen LogP contribution in [0.1, 0.15) is 36.8 Å². The second kappa shape index (κ2) is 6.14. The van der Waals surface area contributed by atoms with Crippen molar-refractivity contribution in [2.45, 2.75) is 39.5 Å². The quantitative estimate of drug-likeness (QED) is 0.871. The van der Waals surface area contributed by atoms with Gasteiger partial charge in [-0.3, -0.25) is 19.3 Å². The lowest BCUT2D eigenvalue weighted by Gasteiger charge is -2.19. The summed E-state index contributed by atoms with van der Waals surface area (Å²) in [5.74, 6) is -1.07. The number of hydrogen-bond acceptors (Lipinski definition) is 3. The first kappa shape index (κ1) is 15.7. The number of likely N-dealkylation sites (tertiary alicyclic amines) is 1. The van der Waals surface area contributed by atoms with Gasteiger partial charge in [0.15, 0.2) is 0 Å². The molecule has 1 aromatic carbocycles. The summed E-state index contributed by atoms with van der Waals surface area (Å²) in [6, 6.07) is 5.77. The van der Waals surface area contributed by atoms with E-state index in [-0.39, 0.29) is 36.1 Å². The van der Waals surface area contributed by atoms with E-state index in [1.165, 1.54) is 0 Å². The number of rotatable bonds is 3. The molecule has 1 saturated heterocycles. The van der Waals surface area contributed by atoms with Gasteiger partial charge in [-0.1, -0.05) is 18.9 Å². The van der Waals surface area contributed by atoms with Crippen molar-refractivity contribution in [2.75, 3.05) is 11.9 Å². The number of aryl methyl sites for hydroxylation is 2. The highest BCUT2D eigenvalue weighted by Crippen LogP contribution is 2.37. The standard InChI is InChI=1S/C18H22N2O3/c1-11-7-12(2)9-13(8-11)19-16(21)10-20-17(22)14-5-3-4-6-15(14)18(20)23/h7-9,14-15H,3-6,10H2,1-2H3,(H,19,21).